The van der Waals surface area contributed by atoms with Crippen molar-refractivity contribution in [2.75, 3.05) is 0 Å². The lowest BCUT2D eigenvalue weighted by molar-refractivity contribution is -0.462. The molecule has 0 aromatic heterocycles. The van der Waals surface area contributed by atoms with Crippen LogP contribution in [0.15, 0.2) is 24.3 Å². The minimum absolute atomic E-state index is 0.0400. The van der Waals surface area contributed by atoms with Crippen LogP contribution >= 0.6 is 0 Å². The Bertz CT molecular complexity index is 1010. The minimum Gasteiger partial charge on any atom is -0.385 e. The number of aliphatic hydroxyl groups is 1. The fraction of sp³-hybridized carbons (Fsp3) is 0.714. The molecule has 0 amide bonds. The van der Waals surface area contributed by atoms with Crippen molar-refractivity contribution in [3.63, 3.8) is 0 Å². The summed E-state index contributed by atoms with van der Waals surface area (Å²) in [7, 11) is 0. The van der Waals surface area contributed by atoms with Crippen LogP contribution in [0.4, 0.5) is 74.6 Å². The van der Waals surface area contributed by atoms with Crippen molar-refractivity contribution >= 4 is 0 Å². The van der Waals surface area contributed by atoms with Gasteiger partial charge in [-0.1, -0.05) is 38.1 Å². The summed E-state index contributed by atoms with van der Waals surface area (Å²) in [5, 5.41) is 10.4. The Hall–Kier alpha value is -2.01. The smallest absolute Gasteiger partial charge is 0.385 e. The van der Waals surface area contributed by atoms with E-state index in [0.717, 1.165) is 12.1 Å². The first kappa shape index (κ1) is 35.0. The molecule has 0 aliphatic heterocycles. The van der Waals surface area contributed by atoms with Crippen LogP contribution in [0.2, 0.25) is 0 Å². The van der Waals surface area contributed by atoms with Crippen LogP contribution in [0.3, 0.4) is 0 Å². The zero-order valence-corrected chi connectivity index (χ0v) is 19.7. The molecule has 0 heterocycles. The first-order valence-corrected chi connectivity index (χ1v) is 10.5. The van der Waals surface area contributed by atoms with E-state index >= 15 is 0 Å². The van der Waals surface area contributed by atoms with Crippen molar-refractivity contribution in [2.24, 2.45) is 0 Å². The number of benzene rings is 1. The molecule has 1 nitrogen and oxygen atoms in total. The number of halogens is 17. The van der Waals surface area contributed by atoms with Gasteiger partial charge in [0, 0.05) is 0 Å². The predicted octanol–water partition coefficient (Wildman–Crippen LogP) is 8.81. The Morgan fingerprint density at radius 3 is 1.36 bits per heavy atom. The molecule has 1 aromatic rings. The van der Waals surface area contributed by atoms with Crippen molar-refractivity contribution < 1.29 is 79.7 Å². The van der Waals surface area contributed by atoms with E-state index in [9.17, 15) is 79.7 Å². The van der Waals surface area contributed by atoms with Crippen LogP contribution < -0.4 is 0 Å². The number of hydrogen-bond donors (Lipinski definition) is 1. The van der Waals surface area contributed by atoms with Crippen LogP contribution in [-0.4, -0.2) is 52.7 Å². The van der Waals surface area contributed by atoms with Crippen LogP contribution in [0, 0.1) is 0 Å². The lowest BCUT2D eigenvalue weighted by atomic mass is 9.79. The predicted molar refractivity (Wildman–Crippen MR) is 100 cm³/mol. The first-order chi connectivity index (χ1) is 16.9. The molecule has 228 valence electrons. The number of hydrogen-bond acceptors (Lipinski definition) is 1. The van der Waals surface area contributed by atoms with E-state index in [0.29, 0.717) is 6.92 Å². The molecule has 0 aliphatic rings. The van der Waals surface area contributed by atoms with E-state index in [4.69, 9.17) is 0 Å². The summed E-state index contributed by atoms with van der Waals surface area (Å²) in [6.45, 7) is 3.26. The summed E-state index contributed by atoms with van der Waals surface area (Å²) in [6.07, 6.45) is -10.5. The number of alkyl halides is 17. The lowest BCUT2D eigenvalue weighted by Crippen LogP contribution is -2.74. The summed E-state index contributed by atoms with van der Waals surface area (Å²) >= 11 is 0. The average Bonchev–Trinajstić information content (AvgIpc) is 2.76. The largest absolute Gasteiger partial charge is 0.460 e. The molecule has 0 bridgehead atoms. The first-order valence-electron chi connectivity index (χ1n) is 10.5. The fourth-order valence-electron chi connectivity index (χ4n) is 3.47. The standard InChI is InChI=1S/C21H19F17O/c1-4-10(2)11-7-5-6-8-12(11)13(3,39)9-14(22,23)15(24,25)16(26,27)17(28,29)18(30,31)19(32,33)20(34,35)21(36,37)38/h5-8,10,39H,4,9H2,1-3H3. The molecule has 1 aromatic carbocycles. The van der Waals surface area contributed by atoms with Gasteiger partial charge in [-0.2, -0.15) is 74.6 Å². The summed E-state index contributed by atoms with van der Waals surface area (Å²) in [5.41, 5.74) is -4.01. The molecule has 0 saturated heterocycles. The topological polar surface area (TPSA) is 20.2 Å². The maximum Gasteiger partial charge on any atom is 0.460 e. The zero-order valence-electron chi connectivity index (χ0n) is 19.7. The molecule has 0 spiro atoms. The van der Waals surface area contributed by atoms with Gasteiger partial charge >= 0.3 is 47.6 Å². The van der Waals surface area contributed by atoms with Gasteiger partial charge in [0.05, 0.1) is 12.0 Å². The second-order valence-electron chi connectivity index (χ2n) is 9.00. The highest BCUT2D eigenvalue weighted by Crippen LogP contribution is 2.64. The SMILES string of the molecule is CCC(C)c1ccccc1C(C)(O)CC(F)(F)C(F)(F)C(F)(F)C(F)(F)C(F)(F)C(F)(F)C(F)(F)C(F)(F)F. The Labute approximate surface area is 209 Å². The van der Waals surface area contributed by atoms with Gasteiger partial charge in [-0.15, -0.1) is 0 Å². The Morgan fingerprint density at radius 1 is 0.615 bits per heavy atom. The quantitative estimate of drug-likeness (QED) is 0.249. The van der Waals surface area contributed by atoms with Gasteiger partial charge in [-0.3, -0.25) is 0 Å². The molecule has 1 rings (SSSR count). The average molecular weight is 610 g/mol. The highest BCUT2D eigenvalue weighted by molar-refractivity contribution is 5.35. The third-order valence-electron chi connectivity index (χ3n) is 6.04. The molecule has 2 unspecified atom stereocenters. The molecule has 0 aliphatic carbocycles. The van der Waals surface area contributed by atoms with E-state index in [1.807, 2.05) is 0 Å². The van der Waals surface area contributed by atoms with Crippen molar-refractivity contribution in [2.45, 2.75) is 92.8 Å². The minimum atomic E-state index is -8.69. The molecule has 0 radical (unpaired) electrons. The molecule has 0 saturated carbocycles. The molecular weight excluding hydrogens is 591 g/mol. The molecular formula is C21H19F17O. The Balaban J connectivity index is 3.67. The van der Waals surface area contributed by atoms with E-state index in [1.54, 1.807) is 0 Å². The van der Waals surface area contributed by atoms with Gasteiger partial charge in [0.2, 0.25) is 0 Å². The third-order valence-corrected chi connectivity index (χ3v) is 6.04. The molecule has 18 heteroatoms. The summed E-state index contributed by atoms with van der Waals surface area (Å²) < 4.78 is 229. The molecule has 39 heavy (non-hydrogen) atoms. The van der Waals surface area contributed by atoms with Gasteiger partial charge in [-0.25, -0.2) is 0 Å². The lowest BCUT2D eigenvalue weighted by Gasteiger charge is -2.43. The molecule has 0 fully saturated rings. The summed E-state index contributed by atoms with van der Waals surface area (Å²) in [5.74, 6) is -57.6. The van der Waals surface area contributed by atoms with Crippen LogP contribution in [0.5, 0.6) is 0 Å². The Morgan fingerprint density at radius 2 is 0.974 bits per heavy atom. The van der Waals surface area contributed by atoms with Crippen LogP contribution in [-0.2, 0) is 5.60 Å². The van der Waals surface area contributed by atoms with Gasteiger partial charge in [0.15, 0.2) is 0 Å². The van der Waals surface area contributed by atoms with Gasteiger partial charge in [0.25, 0.3) is 0 Å². The zero-order chi connectivity index (χ0) is 31.5. The fourth-order valence-corrected chi connectivity index (χ4v) is 3.47. The van der Waals surface area contributed by atoms with Crippen molar-refractivity contribution in [3.05, 3.63) is 35.4 Å². The second kappa shape index (κ2) is 9.82. The van der Waals surface area contributed by atoms with Crippen molar-refractivity contribution in [1.82, 2.24) is 0 Å². The second-order valence-corrected chi connectivity index (χ2v) is 9.00. The van der Waals surface area contributed by atoms with Crippen LogP contribution in [0.1, 0.15) is 50.7 Å². The molecule has 2 atom stereocenters. The highest BCUT2D eigenvalue weighted by Gasteiger charge is 2.95. The van der Waals surface area contributed by atoms with E-state index < -0.39 is 71.1 Å². The van der Waals surface area contributed by atoms with Crippen molar-refractivity contribution in [3.8, 4) is 0 Å². The van der Waals surface area contributed by atoms with E-state index in [-0.39, 0.29) is 12.0 Å². The normalized spacial score (nSPS) is 17.7. The summed E-state index contributed by atoms with van der Waals surface area (Å²) in [6, 6.07) is 4.30. The van der Waals surface area contributed by atoms with Gasteiger partial charge in [0.1, 0.15) is 0 Å². The third kappa shape index (κ3) is 5.13. The maximum atomic E-state index is 14.4. The maximum absolute atomic E-state index is 14.4. The molecule has 1 N–H and O–H groups in total. The van der Waals surface area contributed by atoms with E-state index in [1.165, 1.54) is 26.0 Å². The van der Waals surface area contributed by atoms with Gasteiger partial charge in [-0.05, 0) is 30.4 Å². The van der Waals surface area contributed by atoms with E-state index in [2.05, 4.69) is 0 Å². The Kier molecular flexibility index (Phi) is 8.82. The number of rotatable bonds is 11. The summed E-state index contributed by atoms with van der Waals surface area (Å²) in [4.78, 5) is 0. The van der Waals surface area contributed by atoms with Gasteiger partial charge < -0.3 is 5.11 Å². The van der Waals surface area contributed by atoms with Crippen molar-refractivity contribution in [1.29, 1.82) is 0 Å². The highest BCUT2D eigenvalue weighted by atomic mass is 19.4. The monoisotopic (exact) mass is 610 g/mol. The van der Waals surface area contributed by atoms with Crippen LogP contribution in [0.25, 0.3) is 0 Å².